The molecule has 3 nitrogen and oxygen atoms in total. The lowest BCUT2D eigenvalue weighted by molar-refractivity contribution is -0.286. The van der Waals surface area contributed by atoms with E-state index in [-0.39, 0.29) is 16.6 Å². The number of ether oxygens (including phenoxy) is 2. The molecular formula is C26H48O3Si. The van der Waals surface area contributed by atoms with E-state index >= 15 is 0 Å². The summed E-state index contributed by atoms with van der Waals surface area (Å²) in [7, 11) is -1.84. The van der Waals surface area contributed by atoms with Crippen LogP contribution in [0.5, 0.6) is 0 Å². The summed E-state index contributed by atoms with van der Waals surface area (Å²) in [5.41, 5.74) is 3.48. The van der Waals surface area contributed by atoms with Crippen molar-refractivity contribution >= 4 is 8.32 Å². The second-order valence-electron chi connectivity index (χ2n) is 11.7. The minimum Gasteiger partial charge on any atom is -0.416 e. The molecule has 0 aromatic rings. The second-order valence-corrected chi connectivity index (χ2v) is 17.2. The molecule has 1 saturated heterocycles. The van der Waals surface area contributed by atoms with Crippen LogP contribution in [0.25, 0.3) is 0 Å². The Kier molecular flexibility index (Phi) is 7.06. The van der Waals surface area contributed by atoms with Gasteiger partial charge in [-0.25, -0.2) is 0 Å². The minimum atomic E-state index is -1.84. The number of hydrogen-bond acceptors (Lipinski definition) is 3. The van der Waals surface area contributed by atoms with Crippen LogP contribution in [-0.4, -0.2) is 33.9 Å². The number of rotatable bonds is 7. The van der Waals surface area contributed by atoms with Crippen LogP contribution >= 0.6 is 0 Å². The summed E-state index contributed by atoms with van der Waals surface area (Å²) in [4.78, 5) is 0. The highest BCUT2D eigenvalue weighted by atomic mass is 28.4. The van der Waals surface area contributed by atoms with Crippen LogP contribution in [0.15, 0.2) is 12.2 Å². The van der Waals surface area contributed by atoms with Crippen molar-refractivity contribution in [3.8, 4) is 0 Å². The van der Waals surface area contributed by atoms with Gasteiger partial charge in [-0.15, -0.1) is 0 Å². The molecule has 0 aromatic heterocycles. The van der Waals surface area contributed by atoms with Gasteiger partial charge in [-0.3, -0.25) is 0 Å². The monoisotopic (exact) mass is 436 g/mol. The molecular weight excluding hydrogens is 388 g/mol. The highest BCUT2D eigenvalue weighted by Gasteiger charge is 2.64. The topological polar surface area (TPSA) is 27.7 Å². The van der Waals surface area contributed by atoms with Crippen LogP contribution in [-0.2, 0) is 13.9 Å². The van der Waals surface area contributed by atoms with Crippen molar-refractivity contribution in [1.29, 1.82) is 0 Å². The number of hydrogen-bond donors (Lipinski definition) is 0. The largest absolute Gasteiger partial charge is 0.416 e. The maximum atomic E-state index is 7.00. The molecule has 3 fully saturated rings. The molecule has 30 heavy (non-hydrogen) atoms. The molecule has 3 atom stereocenters. The molecule has 174 valence electrons. The second kappa shape index (κ2) is 8.65. The summed E-state index contributed by atoms with van der Waals surface area (Å²) >= 11 is 0. The first-order valence-electron chi connectivity index (χ1n) is 12.6. The fourth-order valence-electron chi connectivity index (χ4n) is 7.96. The Morgan fingerprint density at radius 2 is 1.57 bits per heavy atom. The SMILES string of the molecule is C=C1CC[C@@]2(C)[C@@H](CCCC23OCCO3)[C@]1(C)CCO[Si](C(C)C)(C(C)C)C(C)C. The van der Waals surface area contributed by atoms with Gasteiger partial charge in [0.2, 0.25) is 0 Å². The van der Waals surface area contributed by atoms with Gasteiger partial charge < -0.3 is 13.9 Å². The normalized spacial score (nSPS) is 34.4. The molecule has 1 aliphatic heterocycles. The Morgan fingerprint density at radius 3 is 2.10 bits per heavy atom. The van der Waals surface area contributed by atoms with Gasteiger partial charge in [-0.05, 0) is 60.1 Å². The number of allylic oxidation sites excluding steroid dienone is 1. The van der Waals surface area contributed by atoms with Crippen molar-refractivity contribution < 1.29 is 13.9 Å². The van der Waals surface area contributed by atoms with Crippen molar-refractivity contribution in [3.05, 3.63) is 12.2 Å². The van der Waals surface area contributed by atoms with E-state index in [9.17, 15) is 0 Å². The van der Waals surface area contributed by atoms with Crippen molar-refractivity contribution in [3.63, 3.8) is 0 Å². The summed E-state index contributed by atoms with van der Waals surface area (Å²) in [5, 5.41) is 0. The maximum Gasteiger partial charge on any atom is 0.200 e. The first kappa shape index (κ1) is 24.5. The third-order valence-corrected chi connectivity index (χ3v) is 15.7. The van der Waals surface area contributed by atoms with Gasteiger partial charge in [0, 0.05) is 18.4 Å². The van der Waals surface area contributed by atoms with E-state index in [2.05, 4.69) is 62.0 Å². The quantitative estimate of drug-likeness (QED) is 0.306. The fraction of sp³-hybridized carbons (Fsp3) is 0.923. The summed E-state index contributed by atoms with van der Waals surface area (Å²) in [6, 6.07) is 0. The van der Waals surface area contributed by atoms with Crippen LogP contribution in [0.4, 0.5) is 0 Å². The molecule has 0 N–H and O–H groups in total. The van der Waals surface area contributed by atoms with E-state index in [0.29, 0.717) is 22.5 Å². The summed E-state index contributed by atoms with van der Waals surface area (Å²) in [6.07, 6.45) is 6.77. The molecule has 3 aliphatic rings. The molecule has 0 aromatic carbocycles. The average molecular weight is 437 g/mol. The Balaban J connectivity index is 1.83. The van der Waals surface area contributed by atoms with Gasteiger partial charge in [-0.1, -0.05) is 67.5 Å². The van der Waals surface area contributed by atoms with E-state index in [1.165, 1.54) is 18.4 Å². The summed E-state index contributed by atoms with van der Waals surface area (Å²) in [6.45, 7) is 26.1. The Hall–Kier alpha value is -0.163. The van der Waals surface area contributed by atoms with E-state index < -0.39 is 8.32 Å². The lowest BCUT2D eigenvalue weighted by atomic mass is 9.47. The smallest absolute Gasteiger partial charge is 0.200 e. The van der Waals surface area contributed by atoms with Gasteiger partial charge in [-0.2, -0.15) is 0 Å². The Labute approximate surface area is 187 Å². The molecule has 2 aliphatic carbocycles. The van der Waals surface area contributed by atoms with Crippen molar-refractivity contribution in [1.82, 2.24) is 0 Å². The van der Waals surface area contributed by atoms with Gasteiger partial charge in [0.25, 0.3) is 0 Å². The Morgan fingerprint density at radius 1 is 1.00 bits per heavy atom. The summed E-state index contributed by atoms with van der Waals surface area (Å²) < 4.78 is 19.7. The molecule has 4 heteroatoms. The van der Waals surface area contributed by atoms with Crippen LogP contribution < -0.4 is 0 Å². The zero-order chi connectivity index (χ0) is 22.4. The standard InChI is InChI=1S/C26H48O3Si/c1-19(2)30(20(3)4,21(5)6)29-16-15-24(8)22(7)12-14-25(9)23(24)11-10-13-26(25)27-17-18-28-26/h19-21,23H,7,10-18H2,1-6,8-9H3/t23-,24+,25-/m0/s1. The zero-order valence-electron chi connectivity index (χ0n) is 21.1. The van der Waals surface area contributed by atoms with E-state index in [1.807, 2.05) is 0 Å². The predicted octanol–water partition coefficient (Wildman–Crippen LogP) is 7.47. The lowest BCUT2D eigenvalue weighted by Crippen LogP contribution is -2.60. The highest BCUT2D eigenvalue weighted by Crippen LogP contribution is 2.65. The lowest BCUT2D eigenvalue weighted by Gasteiger charge is -2.61. The first-order valence-corrected chi connectivity index (χ1v) is 14.7. The molecule has 1 spiro atoms. The van der Waals surface area contributed by atoms with Crippen molar-refractivity contribution in [2.75, 3.05) is 19.8 Å². The van der Waals surface area contributed by atoms with Crippen molar-refractivity contribution in [2.24, 2.45) is 16.7 Å². The molecule has 3 rings (SSSR count). The van der Waals surface area contributed by atoms with Crippen LogP contribution in [0, 0.1) is 16.7 Å². The average Bonchev–Trinajstić information content (AvgIpc) is 3.13. The maximum absolute atomic E-state index is 7.00. The van der Waals surface area contributed by atoms with E-state index in [4.69, 9.17) is 13.9 Å². The van der Waals surface area contributed by atoms with Crippen LogP contribution in [0.3, 0.4) is 0 Å². The molecule has 0 bridgehead atoms. The molecule has 2 saturated carbocycles. The predicted molar refractivity (Wildman–Crippen MR) is 128 cm³/mol. The van der Waals surface area contributed by atoms with Gasteiger partial charge >= 0.3 is 0 Å². The highest BCUT2D eigenvalue weighted by molar-refractivity contribution is 6.77. The van der Waals surface area contributed by atoms with E-state index in [1.54, 1.807) is 0 Å². The van der Waals surface area contributed by atoms with E-state index in [0.717, 1.165) is 45.5 Å². The Bertz CT molecular complexity index is 600. The van der Waals surface area contributed by atoms with Crippen molar-refractivity contribution in [2.45, 2.75) is 116 Å². The van der Waals surface area contributed by atoms with Gasteiger partial charge in [0.05, 0.1) is 13.2 Å². The van der Waals surface area contributed by atoms with Crippen LogP contribution in [0.1, 0.15) is 93.9 Å². The molecule has 0 amide bonds. The van der Waals surface area contributed by atoms with Gasteiger partial charge in [0.15, 0.2) is 14.1 Å². The van der Waals surface area contributed by atoms with Gasteiger partial charge in [0.1, 0.15) is 0 Å². The molecule has 0 unspecified atom stereocenters. The minimum absolute atomic E-state index is 0.0698. The molecule has 1 heterocycles. The molecule has 0 radical (unpaired) electrons. The summed E-state index contributed by atoms with van der Waals surface area (Å²) in [5.74, 6) is 0.181. The third kappa shape index (κ3) is 3.58. The first-order chi connectivity index (χ1) is 14.0. The zero-order valence-corrected chi connectivity index (χ0v) is 22.1. The third-order valence-electron chi connectivity index (χ3n) is 9.60. The number of fused-ring (bicyclic) bond motifs is 2. The fourth-order valence-corrected chi connectivity index (χ4v) is 13.4. The van der Waals surface area contributed by atoms with Crippen LogP contribution in [0.2, 0.25) is 16.6 Å².